The summed E-state index contributed by atoms with van der Waals surface area (Å²) in [6, 6.07) is 0. The fourth-order valence-electron chi connectivity index (χ4n) is 2.47. The van der Waals surface area contributed by atoms with E-state index in [4.69, 9.17) is 9.47 Å². The zero-order valence-corrected chi connectivity index (χ0v) is 17.5. The average molecular weight is 433 g/mol. The Morgan fingerprint density at radius 2 is 1.77 bits per heavy atom. The molecule has 0 saturated heterocycles. The van der Waals surface area contributed by atoms with Crippen LogP contribution in [0.2, 0.25) is 0 Å². The van der Waals surface area contributed by atoms with Gasteiger partial charge in [-0.3, -0.25) is 19.2 Å². The Labute approximate surface area is 163 Å². The molecule has 1 aliphatic carbocycles. The summed E-state index contributed by atoms with van der Waals surface area (Å²) in [6.45, 7) is 9.34. The minimum absolute atomic E-state index is 0.0103. The van der Waals surface area contributed by atoms with E-state index in [1.54, 1.807) is 13.8 Å². The van der Waals surface area contributed by atoms with E-state index in [0.29, 0.717) is 56.2 Å². The molecule has 7 heteroatoms. The number of Topliss-reactive ketones (excluding diaryl/α,β-unsaturated/α-hetero) is 2. The highest BCUT2D eigenvalue weighted by atomic mass is 79.9. The Morgan fingerprint density at radius 3 is 2.19 bits per heavy atom. The van der Waals surface area contributed by atoms with Crippen molar-refractivity contribution in [3.05, 3.63) is 12.2 Å². The van der Waals surface area contributed by atoms with E-state index in [1.807, 2.05) is 0 Å². The van der Waals surface area contributed by atoms with Gasteiger partial charge < -0.3 is 9.47 Å². The number of halogens is 1. The van der Waals surface area contributed by atoms with Crippen LogP contribution in [-0.4, -0.2) is 42.0 Å². The quantitative estimate of drug-likeness (QED) is 0.239. The number of esters is 2. The second-order valence-corrected chi connectivity index (χ2v) is 6.59. The van der Waals surface area contributed by atoms with E-state index in [1.165, 1.54) is 6.92 Å². The summed E-state index contributed by atoms with van der Waals surface area (Å²) in [4.78, 5) is 44.6. The van der Waals surface area contributed by atoms with Gasteiger partial charge in [0.15, 0.2) is 11.6 Å². The number of ketones is 2. The molecule has 1 rings (SSSR count). The van der Waals surface area contributed by atoms with Gasteiger partial charge in [-0.15, -0.1) is 0 Å². The second-order valence-electron chi connectivity index (χ2n) is 6.03. The number of rotatable bonds is 9. The lowest BCUT2D eigenvalue weighted by atomic mass is 9.88. The van der Waals surface area contributed by atoms with Gasteiger partial charge in [0, 0.05) is 18.2 Å². The predicted molar refractivity (Wildman–Crippen MR) is 102 cm³/mol. The standard InChI is InChI=1S/C10H16O3.C9H13BrO3/c1-4-13-10(12)7-5-6-8(2)9(3)11;1-2-13-8(12)9(6-10)5-3-4-7(9)11/h2,4-7H2,1,3H3;2-6H2,1H3. The lowest BCUT2D eigenvalue weighted by molar-refractivity contribution is -0.157. The third-order valence-electron chi connectivity index (χ3n) is 4.10. The normalized spacial score (nSPS) is 18.5. The van der Waals surface area contributed by atoms with E-state index >= 15 is 0 Å². The molecule has 6 nitrogen and oxygen atoms in total. The summed E-state index contributed by atoms with van der Waals surface area (Å²) in [5.74, 6) is -0.570. The van der Waals surface area contributed by atoms with Gasteiger partial charge in [0.2, 0.25) is 0 Å². The molecule has 0 aromatic heterocycles. The van der Waals surface area contributed by atoms with Crippen molar-refractivity contribution in [2.75, 3.05) is 18.5 Å². The summed E-state index contributed by atoms with van der Waals surface area (Å²) in [5, 5.41) is 0.387. The largest absolute Gasteiger partial charge is 0.466 e. The van der Waals surface area contributed by atoms with Gasteiger partial charge in [0.05, 0.1) is 13.2 Å². The molecule has 0 spiro atoms. The molecule has 0 amide bonds. The van der Waals surface area contributed by atoms with Crippen LogP contribution >= 0.6 is 15.9 Å². The molecule has 1 fully saturated rings. The monoisotopic (exact) mass is 432 g/mol. The third-order valence-corrected chi connectivity index (χ3v) is 5.06. The molecule has 1 atom stereocenters. The van der Waals surface area contributed by atoms with Crippen molar-refractivity contribution in [1.29, 1.82) is 0 Å². The first kappa shape index (κ1) is 24.5. The summed E-state index contributed by atoms with van der Waals surface area (Å²) in [7, 11) is 0. The number of carbonyl (C=O) groups is 4. The molecule has 0 radical (unpaired) electrons. The second kappa shape index (κ2) is 12.8. The van der Waals surface area contributed by atoms with Crippen molar-refractivity contribution in [2.45, 2.75) is 59.3 Å². The Kier molecular flexibility index (Phi) is 12.1. The molecular weight excluding hydrogens is 404 g/mol. The van der Waals surface area contributed by atoms with E-state index in [0.717, 1.165) is 6.42 Å². The topological polar surface area (TPSA) is 86.7 Å². The van der Waals surface area contributed by atoms with Gasteiger partial charge in [0.1, 0.15) is 5.41 Å². The van der Waals surface area contributed by atoms with E-state index in [2.05, 4.69) is 22.5 Å². The van der Waals surface area contributed by atoms with Crippen LogP contribution in [0.1, 0.15) is 59.3 Å². The zero-order chi connectivity index (χ0) is 20.2. The van der Waals surface area contributed by atoms with Crippen LogP contribution in [0.4, 0.5) is 0 Å². The smallest absolute Gasteiger partial charge is 0.320 e. The fourth-order valence-corrected chi connectivity index (χ4v) is 3.29. The third kappa shape index (κ3) is 7.81. The Morgan fingerprint density at radius 1 is 1.15 bits per heavy atom. The summed E-state index contributed by atoms with van der Waals surface area (Å²) in [5.41, 5.74) is -0.306. The molecule has 0 aromatic rings. The summed E-state index contributed by atoms with van der Waals surface area (Å²) < 4.78 is 9.63. The molecule has 0 aliphatic heterocycles. The highest BCUT2D eigenvalue weighted by molar-refractivity contribution is 9.09. The van der Waals surface area contributed by atoms with E-state index in [9.17, 15) is 19.2 Å². The molecule has 148 valence electrons. The molecule has 0 N–H and O–H groups in total. The van der Waals surface area contributed by atoms with Crippen LogP contribution in [0.15, 0.2) is 12.2 Å². The van der Waals surface area contributed by atoms with Gasteiger partial charge in [-0.25, -0.2) is 0 Å². The Bertz CT molecular complexity index is 528. The molecule has 26 heavy (non-hydrogen) atoms. The van der Waals surface area contributed by atoms with Crippen molar-refractivity contribution in [2.24, 2.45) is 5.41 Å². The molecule has 0 heterocycles. The Hall–Kier alpha value is -1.50. The molecule has 0 bridgehead atoms. The Balaban J connectivity index is 0.000000481. The van der Waals surface area contributed by atoms with E-state index < -0.39 is 5.41 Å². The number of hydrogen-bond donors (Lipinski definition) is 0. The van der Waals surface area contributed by atoms with Crippen LogP contribution in [0.5, 0.6) is 0 Å². The predicted octanol–water partition coefficient (Wildman–Crippen LogP) is 3.55. The molecular formula is C19H29BrO6. The SMILES string of the molecule is C=C(CCCC(=O)OCC)C(C)=O.CCOC(=O)C1(CBr)CCCC1=O. The van der Waals surface area contributed by atoms with Crippen LogP contribution in [0.25, 0.3) is 0 Å². The van der Waals surface area contributed by atoms with Gasteiger partial charge in [-0.2, -0.15) is 0 Å². The first-order chi connectivity index (χ1) is 12.2. The molecule has 1 unspecified atom stereocenters. The van der Waals surface area contributed by atoms with Crippen molar-refractivity contribution in [1.82, 2.24) is 0 Å². The van der Waals surface area contributed by atoms with Crippen LogP contribution in [-0.2, 0) is 28.7 Å². The minimum Gasteiger partial charge on any atom is -0.466 e. The summed E-state index contributed by atoms with van der Waals surface area (Å²) in [6.07, 6.45) is 3.50. The maximum absolute atomic E-state index is 11.5. The molecule has 0 aromatic carbocycles. The van der Waals surface area contributed by atoms with Gasteiger partial charge in [-0.1, -0.05) is 22.5 Å². The van der Waals surface area contributed by atoms with Crippen molar-refractivity contribution >= 4 is 39.4 Å². The summed E-state index contributed by atoms with van der Waals surface area (Å²) >= 11 is 3.22. The zero-order valence-electron chi connectivity index (χ0n) is 15.9. The minimum atomic E-state index is -0.879. The number of ether oxygens (including phenoxy) is 2. The highest BCUT2D eigenvalue weighted by Gasteiger charge is 2.48. The lowest BCUT2D eigenvalue weighted by Crippen LogP contribution is -2.38. The van der Waals surface area contributed by atoms with Crippen molar-refractivity contribution in [3.63, 3.8) is 0 Å². The van der Waals surface area contributed by atoms with Crippen molar-refractivity contribution < 1.29 is 28.7 Å². The molecule has 1 aliphatic rings. The highest BCUT2D eigenvalue weighted by Crippen LogP contribution is 2.37. The number of alkyl halides is 1. The van der Waals surface area contributed by atoms with Crippen LogP contribution in [0, 0.1) is 5.41 Å². The number of carbonyl (C=O) groups excluding carboxylic acids is 4. The van der Waals surface area contributed by atoms with Crippen LogP contribution < -0.4 is 0 Å². The maximum atomic E-state index is 11.5. The first-order valence-corrected chi connectivity index (χ1v) is 9.98. The number of hydrogen-bond acceptors (Lipinski definition) is 6. The number of allylic oxidation sites excluding steroid dienone is 1. The maximum Gasteiger partial charge on any atom is 0.320 e. The van der Waals surface area contributed by atoms with Gasteiger partial charge in [-0.05, 0) is 52.0 Å². The van der Waals surface area contributed by atoms with Gasteiger partial charge >= 0.3 is 11.9 Å². The van der Waals surface area contributed by atoms with Crippen molar-refractivity contribution in [3.8, 4) is 0 Å². The molecule has 1 saturated carbocycles. The van der Waals surface area contributed by atoms with E-state index in [-0.39, 0.29) is 23.5 Å². The van der Waals surface area contributed by atoms with Gasteiger partial charge in [0.25, 0.3) is 0 Å². The lowest BCUT2D eigenvalue weighted by Gasteiger charge is -2.21. The fraction of sp³-hybridized carbons (Fsp3) is 0.684. The average Bonchev–Trinajstić information content (AvgIpc) is 2.97. The van der Waals surface area contributed by atoms with Crippen LogP contribution in [0.3, 0.4) is 0 Å². The first-order valence-electron chi connectivity index (χ1n) is 8.85.